The highest BCUT2D eigenvalue weighted by atomic mass is 16.5. The fourth-order valence-corrected chi connectivity index (χ4v) is 6.89. The third kappa shape index (κ3) is 3.38. The molecule has 0 N–H and O–H groups in total. The first-order chi connectivity index (χ1) is 20.0. The molecule has 3 aliphatic rings. The van der Waals surface area contributed by atoms with Crippen LogP contribution in [0.2, 0.25) is 0 Å². The van der Waals surface area contributed by atoms with Crippen LogP contribution in [0.15, 0.2) is 102 Å². The first-order valence-electron chi connectivity index (χ1n) is 13.4. The van der Waals surface area contributed by atoms with Crippen molar-refractivity contribution < 1.29 is 23.9 Å². The summed E-state index contributed by atoms with van der Waals surface area (Å²) in [5.74, 6) is -0.383. The Kier molecular flexibility index (Phi) is 5.64. The van der Waals surface area contributed by atoms with E-state index in [1.807, 2.05) is 36.4 Å². The Morgan fingerprint density at radius 1 is 0.756 bits per heavy atom. The lowest BCUT2D eigenvalue weighted by Gasteiger charge is -2.36. The van der Waals surface area contributed by atoms with Gasteiger partial charge in [0, 0.05) is 22.6 Å². The summed E-state index contributed by atoms with van der Waals surface area (Å²) in [6, 6.07) is 27.0. The molecule has 0 saturated carbocycles. The van der Waals surface area contributed by atoms with Gasteiger partial charge in [0.25, 0.3) is 0 Å². The molecule has 4 aromatic carbocycles. The fraction of sp³-hybridized carbons (Fsp3) is 0.176. The van der Waals surface area contributed by atoms with E-state index in [0.717, 1.165) is 11.1 Å². The molecule has 1 saturated heterocycles. The van der Waals surface area contributed by atoms with E-state index in [0.29, 0.717) is 33.8 Å². The minimum absolute atomic E-state index is 0.233. The van der Waals surface area contributed by atoms with E-state index in [2.05, 4.69) is 0 Å². The lowest BCUT2D eigenvalue weighted by Crippen LogP contribution is -2.43. The van der Waals surface area contributed by atoms with Gasteiger partial charge in [-0.25, -0.2) is 0 Å². The number of Topliss-reactive ketones (excluding diaryl/α,β-unsaturated/α-hetero) is 3. The third-order valence-electron chi connectivity index (χ3n) is 8.69. The number of ether oxygens (including phenoxy) is 2. The van der Waals surface area contributed by atoms with Crippen molar-refractivity contribution in [3.63, 3.8) is 0 Å². The monoisotopic (exact) mass is 542 g/mol. The number of benzene rings is 4. The van der Waals surface area contributed by atoms with Crippen molar-refractivity contribution in [2.24, 2.45) is 10.5 Å². The molecule has 1 aliphatic carbocycles. The summed E-state index contributed by atoms with van der Waals surface area (Å²) in [5, 5.41) is 6.49. The maximum atomic E-state index is 14.7. The Bertz CT molecular complexity index is 1710. The maximum absolute atomic E-state index is 14.7. The second-order valence-electron chi connectivity index (χ2n) is 10.5. The number of rotatable bonds is 5. The molecule has 0 aromatic heterocycles. The zero-order valence-corrected chi connectivity index (χ0v) is 22.5. The molecule has 2 heterocycles. The van der Waals surface area contributed by atoms with Gasteiger partial charge in [0.1, 0.15) is 23.0 Å². The maximum Gasteiger partial charge on any atom is 0.187 e. The molecule has 7 heteroatoms. The highest BCUT2D eigenvalue weighted by Gasteiger charge is 2.72. The quantitative estimate of drug-likeness (QED) is 0.244. The fourth-order valence-electron chi connectivity index (χ4n) is 6.89. The van der Waals surface area contributed by atoms with E-state index in [-0.39, 0.29) is 17.3 Å². The van der Waals surface area contributed by atoms with E-state index < -0.39 is 23.4 Å². The second kappa shape index (κ2) is 9.27. The molecular weight excluding hydrogens is 516 g/mol. The Balaban J connectivity index is 1.52. The minimum Gasteiger partial charge on any atom is -0.497 e. The van der Waals surface area contributed by atoms with Gasteiger partial charge in [-0.1, -0.05) is 60.7 Å². The highest BCUT2D eigenvalue weighted by molar-refractivity contribution is 6.31. The Morgan fingerprint density at radius 2 is 1.32 bits per heavy atom. The number of hydrazone groups is 1. The molecule has 0 unspecified atom stereocenters. The van der Waals surface area contributed by atoms with Crippen molar-refractivity contribution in [1.82, 2.24) is 5.01 Å². The first-order valence-corrected chi connectivity index (χ1v) is 13.4. The summed E-state index contributed by atoms with van der Waals surface area (Å²) in [6.07, 6.45) is 1.71. The van der Waals surface area contributed by atoms with Crippen LogP contribution in [0.3, 0.4) is 0 Å². The van der Waals surface area contributed by atoms with Gasteiger partial charge < -0.3 is 9.47 Å². The molecular formula is C34H26N2O5. The summed E-state index contributed by atoms with van der Waals surface area (Å²) in [6.45, 7) is 0. The lowest BCUT2D eigenvalue weighted by atomic mass is 9.63. The number of carbonyl (C=O) groups excluding carboxylic acids is 3. The average Bonchev–Trinajstić information content (AvgIpc) is 3.47. The Labute approximate surface area is 237 Å². The second-order valence-corrected chi connectivity index (χ2v) is 10.5. The van der Waals surface area contributed by atoms with E-state index in [1.165, 1.54) is 0 Å². The van der Waals surface area contributed by atoms with Gasteiger partial charge in [-0.2, -0.15) is 5.10 Å². The predicted octanol–water partition coefficient (Wildman–Crippen LogP) is 5.51. The molecule has 202 valence electrons. The molecule has 3 atom stereocenters. The summed E-state index contributed by atoms with van der Waals surface area (Å²) < 4.78 is 10.7. The van der Waals surface area contributed by atoms with Gasteiger partial charge in [-0.15, -0.1) is 0 Å². The zero-order chi connectivity index (χ0) is 28.3. The van der Waals surface area contributed by atoms with Gasteiger partial charge in [0.2, 0.25) is 0 Å². The molecule has 0 amide bonds. The number of ketones is 3. The number of hydrogen-bond acceptors (Lipinski definition) is 7. The summed E-state index contributed by atoms with van der Waals surface area (Å²) in [5.41, 5.74) is 1.88. The topological polar surface area (TPSA) is 85.3 Å². The molecule has 1 spiro atoms. The Hall–Kier alpha value is -5.04. The summed E-state index contributed by atoms with van der Waals surface area (Å²) in [4.78, 5) is 44.0. The van der Waals surface area contributed by atoms with Crippen molar-refractivity contribution in [1.29, 1.82) is 0 Å². The number of nitrogens with zero attached hydrogens (tertiary/aromatic N) is 2. The molecule has 7 nitrogen and oxygen atoms in total. The van der Waals surface area contributed by atoms with Crippen LogP contribution >= 0.6 is 0 Å². The number of carbonyl (C=O) groups is 3. The van der Waals surface area contributed by atoms with Gasteiger partial charge in [0.05, 0.1) is 26.5 Å². The molecule has 0 bridgehead atoms. The van der Waals surface area contributed by atoms with E-state index in [1.54, 1.807) is 86.1 Å². The SMILES string of the molecule is COc1ccc(C(=O)[C@H]2[C@H](c3ccc(OC)cc3)C3(C(=O)c4ccccc4C3=O)[C@H]3c4ccccc4C=NN23)cc1. The first kappa shape index (κ1) is 25.0. The van der Waals surface area contributed by atoms with Crippen molar-refractivity contribution in [3.8, 4) is 11.5 Å². The zero-order valence-electron chi connectivity index (χ0n) is 22.5. The largest absolute Gasteiger partial charge is 0.497 e. The molecule has 2 aliphatic heterocycles. The van der Waals surface area contributed by atoms with Crippen molar-refractivity contribution in [2.45, 2.75) is 18.0 Å². The summed E-state index contributed by atoms with van der Waals surface area (Å²) in [7, 11) is 3.14. The Morgan fingerprint density at radius 3 is 1.93 bits per heavy atom. The molecule has 0 radical (unpaired) electrons. The summed E-state index contributed by atoms with van der Waals surface area (Å²) >= 11 is 0. The van der Waals surface area contributed by atoms with Crippen LogP contribution in [-0.2, 0) is 0 Å². The van der Waals surface area contributed by atoms with Crippen molar-refractivity contribution in [3.05, 3.63) is 130 Å². The van der Waals surface area contributed by atoms with Crippen LogP contribution in [0.5, 0.6) is 11.5 Å². The standard InChI is InChI=1S/C34H26N2O5/c1-40-23-15-11-20(12-16-23)28-29(30(37)21-13-17-24(41-2)18-14-21)36-31(25-8-4-3-7-22(25)19-35-36)34(28)32(38)26-9-5-6-10-27(26)33(34)39/h3-19,28-29,31H,1-2H3/t28-,29+,31+/m0/s1. The van der Waals surface area contributed by atoms with Crippen LogP contribution in [0.25, 0.3) is 0 Å². The van der Waals surface area contributed by atoms with Crippen LogP contribution in [-0.4, -0.2) is 48.8 Å². The van der Waals surface area contributed by atoms with Gasteiger partial charge in [-0.05, 0) is 53.1 Å². The molecule has 41 heavy (non-hydrogen) atoms. The van der Waals surface area contributed by atoms with Gasteiger partial charge in [-0.3, -0.25) is 19.4 Å². The molecule has 1 fully saturated rings. The normalized spacial score (nSPS) is 21.4. The van der Waals surface area contributed by atoms with E-state index in [9.17, 15) is 14.4 Å². The van der Waals surface area contributed by atoms with Gasteiger partial charge in [0.15, 0.2) is 17.3 Å². The minimum atomic E-state index is -1.61. The van der Waals surface area contributed by atoms with Crippen LogP contribution in [0, 0.1) is 5.41 Å². The third-order valence-corrected chi connectivity index (χ3v) is 8.69. The lowest BCUT2D eigenvalue weighted by molar-refractivity contribution is 0.0586. The number of hydrogen-bond donors (Lipinski definition) is 0. The van der Waals surface area contributed by atoms with Crippen LogP contribution in [0.1, 0.15) is 59.7 Å². The van der Waals surface area contributed by atoms with Crippen molar-refractivity contribution >= 4 is 23.6 Å². The van der Waals surface area contributed by atoms with E-state index in [4.69, 9.17) is 14.6 Å². The van der Waals surface area contributed by atoms with Gasteiger partial charge >= 0.3 is 0 Å². The van der Waals surface area contributed by atoms with E-state index >= 15 is 0 Å². The average molecular weight is 543 g/mol. The number of methoxy groups -OCH3 is 2. The number of fused-ring (bicyclic) bond motifs is 5. The molecule has 4 aromatic rings. The van der Waals surface area contributed by atoms with Crippen LogP contribution in [0.4, 0.5) is 0 Å². The smallest absolute Gasteiger partial charge is 0.187 e. The van der Waals surface area contributed by atoms with Crippen molar-refractivity contribution in [2.75, 3.05) is 14.2 Å². The molecule has 7 rings (SSSR count). The van der Waals surface area contributed by atoms with Crippen LogP contribution < -0.4 is 9.47 Å². The predicted molar refractivity (Wildman–Crippen MR) is 153 cm³/mol. The highest BCUT2D eigenvalue weighted by Crippen LogP contribution is 2.64.